The van der Waals surface area contributed by atoms with E-state index < -0.39 is 0 Å². The van der Waals surface area contributed by atoms with Crippen LogP contribution in [0.5, 0.6) is 11.5 Å². The van der Waals surface area contributed by atoms with Crippen LogP contribution in [0, 0.1) is 0 Å². The molecule has 0 aliphatic rings. The summed E-state index contributed by atoms with van der Waals surface area (Å²) < 4.78 is 11.8. The molecule has 0 saturated carbocycles. The molecule has 0 spiro atoms. The normalized spacial score (nSPS) is 10.8. The van der Waals surface area contributed by atoms with Crippen molar-refractivity contribution in [3.05, 3.63) is 22.2 Å². The number of hydrogen-bond acceptors (Lipinski definition) is 4. The fourth-order valence-electron chi connectivity index (χ4n) is 1.92. The molecule has 0 fully saturated rings. The molecule has 0 saturated heterocycles. The van der Waals surface area contributed by atoms with Crippen LogP contribution in [-0.4, -0.2) is 43.4 Å². The molecule has 4 nitrogen and oxygen atoms in total. The summed E-state index contributed by atoms with van der Waals surface area (Å²) in [6.07, 6.45) is 0. The van der Waals surface area contributed by atoms with Gasteiger partial charge in [-0.25, -0.2) is 0 Å². The van der Waals surface area contributed by atoms with Gasteiger partial charge in [0.2, 0.25) is 0 Å². The molecule has 1 aromatic carbocycles. The lowest BCUT2D eigenvalue weighted by atomic mass is 10.2. The summed E-state index contributed by atoms with van der Waals surface area (Å²) in [6.45, 7) is 7.14. The van der Waals surface area contributed by atoms with E-state index in [9.17, 15) is 0 Å². The predicted molar refractivity (Wildman–Crippen MR) is 79.9 cm³/mol. The van der Waals surface area contributed by atoms with E-state index in [1.54, 1.807) is 7.11 Å². The lowest BCUT2D eigenvalue weighted by Gasteiger charge is -2.20. The highest BCUT2D eigenvalue weighted by Gasteiger charge is 2.12. The molecule has 1 N–H and O–H groups in total. The van der Waals surface area contributed by atoms with E-state index >= 15 is 0 Å². The van der Waals surface area contributed by atoms with Gasteiger partial charge in [-0.3, -0.25) is 4.90 Å². The Morgan fingerprint density at radius 3 is 2.58 bits per heavy atom. The number of methoxy groups -OCH3 is 1. The summed E-state index contributed by atoms with van der Waals surface area (Å²) in [5.41, 5.74) is 1.13. The molecule has 0 radical (unpaired) electrons. The van der Waals surface area contributed by atoms with Gasteiger partial charge in [0.05, 0.1) is 24.8 Å². The van der Waals surface area contributed by atoms with Gasteiger partial charge in [-0.05, 0) is 47.1 Å². The van der Waals surface area contributed by atoms with Crippen molar-refractivity contribution in [2.45, 2.75) is 20.4 Å². The highest BCUT2D eigenvalue weighted by molar-refractivity contribution is 9.10. The lowest BCUT2D eigenvalue weighted by molar-refractivity contribution is 0.196. The molecule has 0 heterocycles. The minimum absolute atomic E-state index is 0.170. The molecule has 0 aliphatic carbocycles. The van der Waals surface area contributed by atoms with Crippen molar-refractivity contribution < 1.29 is 14.6 Å². The smallest absolute Gasteiger partial charge is 0.174 e. The molecule has 1 aromatic rings. The van der Waals surface area contributed by atoms with E-state index in [4.69, 9.17) is 14.6 Å². The van der Waals surface area contributed by atoms with Crippen LogP contribution in [0.25, 0.3) is 0 Å². The van der Waals surface area contributed by atoms with E-state index in [2.05, 4.69) is 27.8 Å². The summed E-state index contributed by atoms with van der Waals surface area (Å²) in [5, 5.41) is 9.03. The van der Waals surface area contributed by atoms with Gasteiger partial charge in [-0.2, -0.15) is 0 Å². The number of benzene rings is 1. The third kappa shape index (κ3) is 4.67. The second-order valence-electron chi connectivity index (χ2n) is 4.13. The second kappa shape index (κ2) is 8.40. The highest BCUT2D eigenvalue weighted by Crippen LogP contribution is 2.36. The number of halogens is 1. The van der Waals surface area contributed by atoms with Crippen LogP contribution in [0.15, 0.2) is 16.6 Å². The maximum absolute atomic E-state index is 9.03. The summed E-state index contributed by atoms with van der Waals surface area (Å²) in [4.78, 5) is 2.17. The zero-order valence-electron chi connectivity index (χ0n) is 11.8. The first-order valence-electron chi connectivity index (χ1n) is 6.48. The number of rotatable bonds is 8. The molecule has 108 valence electrons. The minimum Gasteiger partial charge on any atom is -0.492 e. The third-order valence-electron chi connectivity index (χ3n) is 2.84. The van der Waals surface area contributed by atoms with E-state index in [1.807, 2.05) is 19.1 Å². The molecule has 0 atom stereocenters. The zero-order chi connectivity index (χ0) is 14.3. The maximum Gasteiger partial charge on any atom is 0.174 e. The van der Waals surface area contributed by atoms with E-state index in [0.717, 1.165) is 34.6 Å². The van der Waals surface area contributed by atoms with E-state index in [1.165, 1.54) is 0 Å². The Kier molecular flexibility index (Phi) is 7.20. The predicted octanol–water partition coefficient (Wildman–Crippen LogP) is 2.67. The van der Waals surface area contributed by atoms with Crippen molar-refractivity contribution in [2.75, 3.05) is 33.4 Å². The van der Waals surface area contributed by atoms with Crippen molar-refractivity contribution >= 4 is 15.9 Å². The Morgan fingerprint density at radius 2 is 2.05 bits per heavy atom. The van der Waals surface area contributed by atoms with Gasteiger partial charge in [-0.15, -0.1) is 0 Å². The first kappa shape index (κ1) is 16.3. The van der Waals surface area contributed by atoms with Crippen molar-refractivity contribution in [3.8, 4) is 11.5 Å². The lowest BCUT2D eigenvalue weighted by Crippen LogP contribution is -2.26. The summed E-state index contributed by atoms with van der Waals surface area (Å²) in [6, 6.07) is 4.02. The van der Waals surface area contributed by atoms with Crippen LogP contribution in [0.2, 0.25) is 0 Å². The summed E-state index contributed by atoms with van der Waals surface area (Å²) in [5.74, 6) is 1.46. The van der Waals surface area contributed by atoms with Crippen LogP contribution in [0.1, 0.15) is 19.4 Å². The average Bonchev–Trinajstić information content (AvgIpc) is 2.38. The van der Waals surface area contributed by atoms with Gasteiger partial charge in [0.25, 0.3) is 0 Å². The number of ether oxygens (including phenoxy) is 2. The van der Waals surface area contributed by atoms with E-state index in [-0.39, 0.29) is 6.61 Å². The number of aliphatic hydroxyl groups is 1. The molecule has 0 bridgehead atoms. The SMILES string of the molecule is CCOc1cc(CN(CC)CCO)cc(Br)c1OC. The number of nitrogens with zero attached hydrogens (tertiary/aromatic N) is 1. The van der Waals surface area contributed by atoms with Crippen LogP contribution in [0.4, 0.5) is 0 Å². The molecular formula is C14H22BrNO3. The van der Waals surface area contributed by atoms with Crippen molar-refractivity contribution in [3.63, 3.8) is 0 Å². The first-order valence-corrected chi connectivity index (χ1v) is 7.27. The average molecular weight is 332 g/mol. The second-order valence-corrected chi connectivity index (χ2v) is 4.99. The van der Waals surface area contributed by atoms with Crippen molar-refractivity contribution in [1.29, 1.82) is 0 Å². The van der Waals surface area contributed by atoms with Crippen LogP contribution < -0.4 is 9.47 Å². The third-order valence-corrected chi connectivity index (χ3v) is 3.43. The fraction of sp³-hybridized carbons (Fsp3) is 0.571. The van der Waals surface area contributed by atoms with E-state index in [0.29, 0.717) is 13.2 Å². The molecular weight excluding hydrogens is 310 g/mol. The highest BCUT2D eigenvalue weighted by atomic mass is 79.9. The minimum atomic E-state index is 0.170. The Balaban J connectivity index is 2.95. The Labute approximate surface area is 123 Å². The van der Waals surface area contributed by atoms with Gasteiger partial charge < -0.3 is 14.6 Å². The van der Waals surface area contributed by atoms with Gasteiger partial charge in [0.15, 0.2) is 11.5 Å². The molecule has 5 heteroatoms. The quantitative estimate of drug-likeness (QED) is 0.795. The molecule has 0 amide bonds. The monoisotopic (exact) mass is 331 g/mol. The number of likely N-dealkylation sites (N-methyl/N-ethyl adjacent to an activating group) is 1. The van der Waals surface area contributed by atoms with Crippen LogP contribution >= 0.6 is 15.9 Å². The van der Waals surface area contributed by atoms with Gasteiger partial charge in [0.1, 0.15) is 0 Å². The molecule has 19 heavy (non-hydrogen) atoms. The molecule has 0 aliphatic heterocycles. The fourth-order valence-corrected chi connectivity index (χ4v) is 2.57. The standard InChI is InChI=1S/C14H22BrNO3/c1-4-16(6-7-17)10-11-8-12(15)14(18-3)13(9-11)19-5-2/h8-9,17H,4-7,10H2,1-3H3. The number of aliphatic hydroxyl groups excluding tert-OH is 1. The Bertz CT molecular complexity index is 399. The van der Waals surface area contributed by atoms with Crippen LogP contribution in [-0.2, 0) is 6.54 Å². The molecule has 0 unspecified atom stereocenters. The summed E-state index contributed by atoms with van der Waals surface area (Å²) in [7, 11) is 1.63. The van der Waals surface area contributed by atoms with Gasteiger partial charge >= 0.3 is 0 Å². The maximum atomic E-state index is 9.03. The van der Waals surface area contributed by atoms with Crippen molar-refractivity contribution in [1.82, 2.24) is 4.90 Å². The summed E-state index contributed by atoms with van der Waals surface area (Å²) >= 11 is 3.51. The number of hydrogen-bond donors (Lipinski definition) is 1. The van der Waals surface area contributed by atoms with Crippen molar-refractivity contribution in [2.24, 2.45) is 0 Å². The molecule has 0 aromatic heterocycles. The topological polar surface area (TPSA) is 41.9 Å². The van der Waals surface area contributed by atoms with Gasteiger partial charge in [-0.1, -0.05) is 6.92 Å². The zero-order valence-corrected chi connectivity index (χ0v) is 13.4. The van der Waals surface area contributed by atoms with Crippen LogP contribution in [0.3, 0.4) is 0 Å². The Morgan fingerprint density at radius 1 is 1.32 bits per heavy atom. The Hall–Kier alpha value is -0.780. The molecule has 1 rings (SSSR count). The van der Waals surface area contributed by atoms with Gasteiger partial charge in [0, 0.05) is 13.1 Å². The largest absolute Gasteiger partial charge is 0.492 e. The first-order chi connectivity index (χ1) is 9.15.